The van der Waals surface area contributed by atoms with E-state index in [0.717, 1.165) is 33.9 Å². The molecule has 1 N–H and O–H groups in total. The summed E-state index contributed by atoms with van der Waals surface area (Å²) in [5, 5.41) is 7.00. The van der Waals surface area contributed by atoms with Gasteiger partial charge in [0.25, 0.3) is 0 Å². The molecule has 0 saturated heterocycles. The van der Waals surface area contributed by atoms with E-state index in [2.05, 4.69) is 46.8 Å². The van der Waals surface area contributed by atoms with Crippen molar-refractivity contribution in [2.75, 3.05) is 7.11 Å². The molecule has 0 atom stereocenters. The van der Waals surface area contributed by atoms with Gasteiger partial charge in [0.05, 0.1) is 6.20 Å². The lowest BCUT2D eigenvalue weighted by molar-refractivity contribution is 0.112. The van der Waals surface area contributed by atoms with Gasteiger partial charge in [-0.25, -0.2) is 15.0 Å². The van der Waals surface area contributed by atoms with Crippen LogP contribution in [-0.2, 0) is 0 Å². The molecule has 23 heavy (non-hydrogen) atoms. The number of hydrogen-bond acceptors (Lipinski definition) is 6. The first-order valence-electron chi connectivity index (χ1n) is 6.21. The van der Waals surface area contributed by atoms with Gasteiger partial charge in [-0.05, 0) is 56.1 Å². The lowest BCUT2D eigenvalue weighted by Crippen LogP contribution is -1.80. The van der Waals surface area contributed by atoms with Gasteiger partial charge < -0.3 is 9.52 Å². The zero-order chi connectivity index (χ0) is 17.1. The first-order valence-corrected chi connectivity index (χ1v) is 7.79. The minimum absolute atomic E-state index is 0.596. The van der Waals surface area contributed by atoms with Gasteiger partial charge in [-0.15, -0.1) is 0 Å². The average molecular weight is 443 g/mol. The van der Waals surface area contributed by atoms with Crippen molar-refractivity contribution in [1.82, 2.24) is 15.0 Å². The van der Waals surface area contributed by atoms with Gasteiger partial charge in [-0.3, -0.25) is 4.79 Å². The second-order valence-corrected chi connectivity index (χ2v) is 5.39. The Labute approximate surface area is 149 Å². The first kappa shape index (κ1) is 19.1. The Balaban J connectivity index is 0.000000215. The van der Waals surface area contributed by atoms with E-state index in [1.807, 2.05) is 12.1 Å². The smallest absolute Gasteiger partial charge is 0.181 e. The summed E-state index contributed by atoms with van der Waals surface area (Å²) in [6.07, 6.45) is 7.06. The van der Waals surface area contributed by atoms with Crippen LogP contribution in [0.1, 0.15) is 10.4 Å². The number of oxazole rings is 1. The summed E-state index contributed by atoms with van der Waals surface area (Å²) in [7, 11) is 1.00. The molecule has 0 aliphatic carbocycles. The van der Waals surface area contributed by atoms with Crippen molar-refractivity contribution in [2.45, 2.75) is 0 Å². The number of carbonyl (C=O) groups is 1. The van der Waals surface area contributed by atoms with Crippen molar-refractivity contribution in [3.05, 3.63) is 64.0 Å². The third kappa shape index (κ3) is 6.81. The minimum Gasteiger partial charge on any atom is -0.443 e. The molecular weight excluding hydrogens is 430 g/mol. The first-order chi connectivity index (χ1) is 11.2. The average Bonchev–Trinajstić information content (AvgIpc) is 3.13. The summed E-state index contributed by atoms with van der Waals surface area (Å²) in [6, 6.07) is 7.20. The number of carbonyl (C=O) groups excluding carboxylic acids is 1. The summed E-state index contributed by atoms with van der Waals surface area (Å²) in [5.41, 5.74) is 1.52. The van der Waals surface area contributed by atoms with Crippen LogP contribution in [0.4, 0.5) is 0 Å². The van der Waals surface area contributed by atoms with Crippen LogP contribution >= 0.6 is 31.9 Å². The summed E-state index contributed by atoms with van der Waals surface area (Å²) in [5.74, 6) is 0.731. The van der Waals surface area contributed by atoms with E-state index in [1.54, 1.807) is 24.5 Å². The monoisotopic (exact) mass is 441 g/mol. The molecule has 3 heterocycles. The van der Waals surface area contributed by atoms with Gasteiger partial charge in [0, 0.05) is 30.6 Å². The Bertz CT molecular complexity index is 687. The molecule has 0 aliphatic heterocycles. The van der Waals surface area contributed by atoms with Crippen molar-refractivity contribution in [1.29, 1.82) is 0 Å². The van der Waals surface area contributed by atoms with E-state index in [4.69, 9.17) is 9.52 Å². The van der Waals surface area contributed by atoms with E-state index in [0.29, 0.717) is 5.56 Å². The standard InChI is InChI=1S/C8H5BrN2O.C6H4BrNO.CH4O/c9-8-2-1-6(3-11-8)7-4-10-5-12-7;7-6-2-1-5(4-9)3-8-6;1-2/h1-5H;1-4H;2H,1H3. The van der Waals surface area contributed by atoms with Crippen LogP contribution in [0.3, 0.4) is 0 Å². The van der Waals surface area contributed by atoms with Crippen molar-refractivity contribution >= 4 is 38.1 Å². The normalized spacial score (nSPS) is 9.04. The van der Waals surface area contributed by atoms with Crippen LogP contribution in [0.5, 0.6) is 0 Å². The van der Waals surface area contributed by atoms with Crippen molar-refractivity contribution in [3.63, 3.8) is 0 Å². The van der Waals surface area contributed by atoms with Crippen LogP contribution < -0.4 is 0 Å². The highest BCUT2D eigenvalue weighted by molar-refractivity contribution is 9.10. The Morgan fingerprint density at radius 2 is 1.65 bits per heavy atom. The molecule has 120 valence electrons. The summed E-state index contributed by atoms with van der Waals surface area (Å²) in [4.78, 5) is 21.8. The molecule has 0 unspecified atom stereocenters. The fourth-order valence-electron chi connectivity index (χ4n) is 1.34. The van der Waals surface area contributed by atoms with Crippen molar-refractivity contribution in [3.8, 4) is 11.3 Å². The van der Waals surface area contributed by atoms with Crippen LogP contribution in [0.15, 0.2) is 62.9 Å². The molecule has 0 spiro atoms. The van der Waals surface area contributed by atoms with E-state index >= 15 is 0 Å². The molecule has 3 rings (SSSR count). The number of pyridine rings is 2. The van der Waals surface area contributed by atoms with Crippen LogP contribution in [0.25, 0.3) is 11.3 Å². The fourth-order valence-corrected chi connectivity index (χ4v) is 1.81. The van der Waals surface area contributed by atoms with E-state index in [9.17, 15) is 4.79 Å². The fraction of sp³-hybridized carbons (Fsp3) is 0.0667. The minimum atomic E-state index is 0.596. The number of hydrogen-bond donors (Lipinski definition) is 1. The number of aliphatic hydroxyl groups is 1. The molecule has 3 aromatic rings. The topological polar surface area (TPSA) is 89.1 Å². The Kier molecular flexibility index (Phi) is 8.96. The second kappa shape index (κ2) is 10.8. The SMILES string of the molecule is Brc1ccc(-c2cnco2)cn1.CO.O=Cc1ccc(Br)nc1. The predicted molar refractivity (Wildman–Crippen MR) is 92.9 cm³/mol. The maximum absolute atomic E-state index is 10.1. The van der Waals surface area contributed by atoms with E-state index < -0.39 is 0 Å². The molecule has 0 amide bonds. The number of aldehydes is 1. The Morgan fingerprint density at radius 1 is 1.00 bits per heavy atom. The predicted octanol–water partition coefficient (Wildman–Crippen LogP) is 3.76. The molecule has 0 aromatic carbocycles. The molecule has 0 fully saturated rings. The van der Waals surface area contributed by atoms with Gasteiger partial charge in [-0.2, -0.15) is 0 Å². The van der Waals surface area contributed by atoms with Gasteiger partial charge >= 0.3 is 0 Å². The third-order valence-electron chi connectivity index (χ3n) is 2.33. The number of aliphatic hydroxyl groups excluding tert-OH is 1. The zero-order valence-corrected chi connectivity index (χ0v) is 15.2. The molecule has 0 radical (unpaired) electrons. The molecule has 0 bridgehead atoms. The number of aromatic nitrogens is 3. The lowest BCUT2D eigenvalue weighted by atomic mass is 10.2. The van der Waals surface area contributed by atoms with Gasteiger partial charge in [0.2, 0.25) is 0 Å². The highest BCUT2D eigenvalue weighted by atomic mass is 79.9. The zero-order valence-electron chi connectivity index (χ0n) is 12.1. The number of nitrogens with zero attached hydrogens (tertiary/aromatic N) is 3. The van der Waals surface area contributed by atoms with Crippen molar-refractivity contribution in [2.24, 2.45) is 0 Å². The molecular formula is C15H13Br2N3O3. The summed E-state index contributed by atoms with van der Waals surface area (Å²) in [6.45, 7) is 0. The lowest BCUT2D eigenvalue weighted by Gasteiger charge is -1.93. The largest absolute Gasteiger partial charge is 0.443 e. The van der Waals surface area contributed by atoms with Gasteiger partial charge in [0.1, 0.15) is 9.21 Å². The third-order valence-corrected chi connectivity index (χ3v) is 3.27. The molecule has 0 aliphatic rings. The van der Waals surface area contributed by atoms with E-state index in [-0.39, 0.29) is 0 Å². The quantitative estimate of drug-likeness (QED) is 0.480. The second-order valence-electron chi connectivity index (χ2n) is 3.77. The van der Waals surface area contributed by atoms with Crippen LogP contribution in [0, 0.1) is 0 Å². The van der Waals surface area contributed by atoms with E-state index in [1.165, 1.54) is 12.6 Å². The van der Waals surface area contributed by atoms with Gasteiger partial charge in [-0.1, -0.05) is 0 Å². The highest BCUT2D eigenvalue weighted by Gasteiger charge is 2.00. The molecule has 8 heteroatoms. The summed E-state index contributed by atoms with van der Waals surface area (Å²) < 4.78 is 6.65. The highest BCUT2D eigenvalue weighted by Crippen LogP contribution is 2.18. The Morgan fingerprint density at radius 3 is 2.09 bits per heavy atom. The number of rotatable bonds is 2. The Hall–Kier alpha value is -1.90. The molecule has 6 nitrogen and oxygen atoms in total. The molecule has 3 aromatic heterocycles. The maximum Gasteiger partial charge on any atom is 0.181 e. The number of halogens is 2. The van der Waals surface area contributed by atoms with Gasteiger partial charge in [0.15, 0.2) is 18.4 Å². The summed E-state index contributed by atoms with van der Waals surface area (Å²) >= 11 is 6.40. The maximum atomic E-state index is 10.1. The van der Waals surface area contributed by atoms with Crippen LogP contribution in [0.2, 0.25) is 0 Å². The van der Waals surface area contributed by atoms with Crippen molar-refractivity contribution < 1.29 is 14.3 Å². The molecule has 0 saturated carbocycles. The van der Waals surface area contributed by atoms with Crippen LogP contribution in [-0.4, -0.2) is 33.5 Å².